The molecule has 0 spiro atoms. The lowest BCUT2D eigenvalue weighted by molar-refractivity contribution is 0.635. The summed E-state index contributed by atoms with van der Waals surface area (Å²) in [6, 6.07) is 13.7. The van der Waals surface area contributed by atoms with Crippen molar-refractivity contribution in [3.05, 3.63) is 65.4 Å². The van der Waals surface area contributed by atoms with Gasteiger partial charge in [0.1, 0.15) is 11.6 Å². The minimum atomic E-state index is 0.736. The first-order valence-corrected chi connectivity index (χ1v) is 9.34. The Morgan fingerprint density at radius 3 is 2.48 bits per heavy atom. The van der Waals surface area contributed by atoms with Crippen LogP contribution >= 0.6 is 11.6 Å². The number of anilines is 4. The van der Waals surface area contributed by atoms with E-state index in [1.54, 1.807) is 6.20 Å². The first kappa shape index (κ1) is 17.5. The van der Waals surface area contributed by atoms with Gasteiger partial charge >= 0.3 is 0 Å². The molecule has 6 nitrogen and oxygen atoms in total. The molecule has 0 aliphatic carbocycles. The summed E-state index contributed by atoms with van der Waals surface area (Å²) in [5.74, 6) is 2.52. The fourth-order valence-corrected chi connectivity index (χ4v) is 3.30. The molecule has 1 aliphatic heterocycles. The second kappa shape index (κ2) is 7.80. The molecule has 0 bridgehead atoms. The van der Waals surface area contributed by atoms with Gasteiger partial charge < -0.3 is 15.1 Å². The van der Waals surface area contributed by atoms with Crippen molar-refractivity contribution in [2.24, 2.45) is 0 Å². The zero-order valence-corrected chi connectivity index (χ0v) is 15.9. The van der Waals surface area contributed by atoms with Crippen LogP contribution in [0.1, 0.15) is 5.56 Å². The van der Waals surface area contributed by atoms with Crippen LogP contribution in [0.3, 0.4) is 0 Å². The van der Waals surface area contributed by atoms with Crippen molar-refractivity contribution in [3.63, 3.8) is 0 Å². The normalized spacial score (nSPS) is 14.3. The maximum absolute atomic E-state index is 6.21. The van der Waals surface area contributed by atoms with Crippen LogP contribution in [0.4, 0.5) is 23.3 Å². The Hall–Kier alpha value is -2.86. The average Bonchev–Trinajstić information content (AvgIpc) is 2.72. The molecule has 0 atom stereocenters. The zero-order valence-electron chi connectivity index (χ0n) is 15.1. The molecule has 1 N–H and O–H groups in total. The number of nitrogens with zero attached hydrogens (tertiary/aromatic N) is 5. The highest BCUT2D eigenvalue weighted by molar-refractivity contribution is 6.31. The Balaban J connectivity index is 1.45. The third-order valence-electron chi connectivity index (χ3n) is 4.71. The number of pyridine rings is 1. The summed E-state index contributed by atoms with van der Waals surface area (Å²) in [4.78, 5) is 18.1. The van der Waals surface area contributed by atoms with E-state index in [2.05, 4.69) is 30.1 Å². The topological polar surface area (TPSA) is 57.2 Å². The lowest BCUT2D eigenvalue weighted by atomic mass is 10.2. The van der Waals surface area contributed by atoms with Crippen LogP contribution in [0.5, 0.6) is 0 Å². The predicted octanol–water partition coefficient (Wildman–Crippen LogP) is 3.90. The van der Waals surface area contributed by atoms with Gasteiger partial charge in [0, 0.05) is 49.3 Å². The van der Waals surface area contributed by atoms with Gasteiger partial charge in [-0.1, -0.05) is 23.7 Å². The van der Waals surface area contributed by atoms with Gasteiger partial charge in [0.05, 0.1) is 0 Å². The van der Waals surface area contributed by atoms with Gasteiger partial charge in [-0.15, -0.1) is 0 Å². The third kappa shape index (κ3) is 3.95. The van der Waals surface area contributed by atoms with Crippen LogP contribution in [0, 0.1) is 6.92 Å². The molecule has 3 heterocycles. The number of nitrogens with one attached hydrogen (secondary N) is 1. The molecule has 138 valence electrons. The van der Waals surface area contributed by atoms with Crippen LogP contribution in [0.25, 0.3) is 0 Å². The van der Waals surface area contributed by atoms with Gasteiger partial charge in [-0.2, -0.15) is 4.98 Å². The number of hydrogen-bond acceptors (Lipinski definition) is 6. The highest BCUT2D eigenvalue weighted by Crippen LogP contribution is 2.26. The van der Waals surface area contributed by atoms with Gasteiger partial charge in [0.2, 0.25) is 5.95 Å². The summed E-state index contributed by atoms with van der Waals surface area (Å²) in [5, 5.41) is 4.08. The van der Waals surface area contributed by atoms with Crippen molar-refractivity contribution in [3.8, 4) is 0 Å². The largest absolute Gasteiger partial charge is 0.353 e. The summed E-state index contributed by atoms with van der Waals surface area (Å²) in [6.45, 7) is 5.49. The monoisotopic (exact) mass is 380 g/mol. The van der Waals surface area contributed by atoms with Crippen molar-refractivity contribution in [2.45, 2.75) is 6.92 Å². The molecule has 7 heteroatoms. The quantitative estimate of drug-likeness (QED) is 0.740. The Labute approximate surface area is 163 Å². The van der Waals surface area contributed by atoms with E-state index in [1.807, 2.05) is 55.6 Å². The third-order valence-corrected chi connectivity index (χ3v) is 5.12. The lowest BCUT2D eigenvalue weighted by Gasteiger charge is -2.35. The maximum atomic E-state index is 6.21. The second-order valence-corrected chi connectivity index (χ2v) is 6.85. The van der Waals surface area contributed by atoms with Crippen molar-refractivity contribution in [1.29, 1.82) is 0 Å². The average molecular weight is 381 g/mol. The Kier molecular flexibility index (Phi) is 5.07. The molecule has 0 unspecified atom stereocenters. The number of benzene rings is 1. The molecule has 2 aromatic heterocycles. The van der Waals surface area contributed by atoms with E-state index >= 15 is 0 Å². The number of rotatable bonds is 4. The molecule has 4 rings (SSSR count). The zero-order chi connectivity index (χ0) is 18.6. The van der Waals surface area contributed by atoms with Gasteiger partial charge in [-0.05, 0) is 42.8 Å². The number of aromatic nitrogens is 3. The Morgan fingerprint density at radius 2 is 1.70 bits per heavy atom. The summed E-state index contributed by atoms with van der Waals surface area (Å²) >= 11 is 6.21. The standard InChI is InChI=1S/C20H21ClN6/c1-15-16(21)5-4-6-17(15)24-18-8-10-23-20(25-18)27-13-11-26(12-14-27)19-7-2-3-9-22-19/h2-10H,11-14H2,1H3,(H,23,24,25). The SMILES string of the molecule is Cc1c(Cl)cccc1Nc1ccnc(N2CCN(c3ccccn3)CC2)n1. The lowest BCUT2D eigenvalue weighted by Crippen LogP contribution is -2.47. The van der Waals surface area contributed by atoms with Crippen molar-refractivity contribution < 1.29 is 0 Å². The van der Waals surface area contributed by atoms with Gasteiger partial charge in [-0.3, -0.25) is 0 Å². The molecule has 0 amide bonds. The molecule has 1 aliphatic rings. The van der Waals surface area contributed by atoms with Crippen LogP contribution in [-0.2, 0) is 0 Å². The van der Waals surface area contributed by atoms with Crippen LogP contribution in [-0.4, -0.2) is 41.1 Å². The number of piperazine rings is 1. The van der Waals surface area contributed by atoms with E-state index in [1.165, 1.54) is 0 Å². The number of halogens is 1. The van der Waals surface area contributed by atoms with Gasteiger partial charge in [0.25, 0.3) is 0 Å². The van der Waals surface area contributed by atoms with Crippen molar-refractivity contribution in [2.75, 3.05) is 41.3 Å². The fourth-order valence-electron chi connectivity index (χ4n) is 3.13. The van der Waals surface area contributed by atoms with Crippen LogP contribution < -0.4 is 15.1 Å². The van der Waals surface area contributed by atoms with Crippen molar-refractivity contribution >= 4 is 34.9 Å². The van der Waals surface area contributed by atoms with E-state index < -0.39 is 0 Å². The van der Waals surface area contributed by atoms with Gasteiger partial charge in [-0.25, -0.2) is 9.97 Å². The first-order valence-electron chi connectivity index (χ1n) is 8.97. The fraction of sp³-hybridized carbons (Fsp3) is 0.250. The second-order valence-electron chi connectivity index (χ2n) is 6.44. The van der Waals surface area contributed by atoms with E-state index in [-0.39, 0.29) is 0 Å². The summed E-state index contributed by atoms with van der Waals surface area (Å²) in [7, 11) is 0. The highest BCUT2D eigenvalue weighted by atomic mass is 35.5. The predicted molar refractivity (Wildman–Crippen MR) is 110 cm³/mol. The minimum absolute atomic E-state index is 0.736. The number of hydrogen-bond donors (Lipinski definition) is 1. The molecule has 1 saturated heterocycles. The molecular weight excluding hydrogens is 360 g/mol. The van der Waals surface area contributed by atoms with Crippen LogP contribution in [0.15, 0.2) is 54.9 Å². The highest BCUT2D eigenvalue weighted by Gasteiger charge is 2.20. The molecule has 1 fully saturated rings. The minimum Gasteiger partial charge on any atom is -0.353 e. The smallest absolute Gasteiger partial charge is 0.227 e. The molecule has 0 radical (unpaired) electrons. The Morgan fingerprint density at radius 1 is 0.889 bits per heavy atom. The Bertz CT molecular complexity index is 909. The van der Waals surface area contributed by atoms with E-state index in [0.29, 0.717) is 0 Å². The van der Waals surface area contributed by atoms with E-state index in [4.69, 9.17) is 11.6 Å². The van der Waals surface area contributed by atoms with E-state index in [0.717, 1.165) is 60.0 Å². The molecule has 27 heavy (non-hydrogen) atoms. The van der Waals surface area contributed by atoms with Crippen molar-refractivity contribution in [1.82, 2.24) is 15.0 Å². The van der Waals surface area contributed by atoms with E-state index in [9.17, 15) is 0 Å². The molecule has 0 saturated carbocycles. The summed E-state index contributed by atoms with van der Waals surface area (Å²) in [5.41, 5.74) is 1.95. The molecular formula is C20H21ClN6. The molecule has 1 aromatic carbocycles. The van der Waals surface area contributed by atoms with Crippen LogP contribution in [0.2, 0.25) is 5.02 Å². The van der Waals surface area contributed by atoms with Gasteiger partial charge in [0.15, 0.2) is 0 Å². The maximum Gasteiger partial charge on any atom is 0.227 e. The summed E-state index contributed by atoms with van der Waals surface area (Å²) in [6.07, 6.45) is 3.62. The first-order chi connectivity index (χ1) is 13.2. The molecule has 3 aromatic rings. The summed E-state index contributed by atoms with van der Waals surface area (Å²) < 4.78 is 0.